The van der Waals surface area contributed by atoms with Crippen molar-refractivity contribution in [1.82, 2.24) is 9.78 Å². The average molecular weight is 249 g/mol. The van der Waals surface area contributed by atoms with Gasteiger partial charge in [-0.25, -0.2) is 8.78 Å². The summed E-state index contributed by atoms with van der Waals surface area (Å²) >= 11 is 0. The number of rotatable bonds is 5. The predicted molar refractivity (Wildman–Crippen MR) is 50.8 cm³/mol. The molecule has 1 aromatic heterocycles. The molecule has 0 aromatic carbocycles. The number of hydrogen-bond donors (Lipinski definition) is 1. The molecule has 0 bridgehead atoms. The van der Waals surface area contributed by atoms with Crippen molar-refractivity contribution in [2.75, 3.05) is 0 Å². The Morgan fingerprint density at radius 2 is 2.29 bits per heavy atom. The van der Waals surface area contributed by atoms with Gasteiger partial charge in [-0.2, -0.15) is 5.10 Å². The fourth-order valence-electron chi connectivity index (χ4n) is 1.41. The lowest BCUT2D eigenvalue weighted by Gasteiger charge is -2.12. The molecule has 94 valence electrons. The lowest BCUT2D eigenvalue weighted by Crippen LogP contribution is -2.15. The van der Waals surface area contributed by atoms with Gasteiger partial charge in [-0.15, -0.1) is 0 Å². The van der Waals surface area contributed by atoms with Gasteiger partial charge >= 0.3 is 11.7 Å². The third-order valence-corrected chi connectivity index (χ3v) is 2.10. The van der Waals surface area contributed by atoms with Crippen LogP contribution >= 0.6 is 0 Å². The normalized spacial score (nSPS) is 12.7. The minimum Gasteiger partial charge on any atom is -0.481 e. The largest absolute Gasteiger partial charge is 0.481 e. The lowest BCUT2D eigenvalue weighted by atomic mass is 10.2. The summed E-state index contributed by atoms with van der Waals surface area (Å²) in [5.41, 5.74) is -1.68. The van der Waals surface area contributed by atoms with Gasteiger partial charge in [0, 0.05) is 0 Å². The van der Waals surface area contributed by atoms with Crippen molar-refractivity contribution in [2.24, 2.45) is 0 Å². The summed E-state index contributed by atoms with van der Waals surface area (Å²) in [4.78, 5) is 20.0. The molecular weight excluding hydrogens is 240 g/mol. The summed E-state index contributed by atoms with van der Waals surface area (Å²) < 4.78 is 26.0. The van der Waals surface area contributed by atoms with E-state index >= 15 is 0 Å². The Kier molecular flexibility index (Phi) is 3.71. The van der Waals surface area contributed by atoms with Crippen LogP contribution in [0.25, 0.3) is 0 Å². The van der Waals surface area contributed by atoms with Crippen LogP contribution in [-0.4, -0.2) is 25.8 Å². The smallest absolute Gasteiger partial charge is 0.316 e. The van der Waals surface area contributed by atoms with E-state index in [1.165, 1.54) is 6.92 Å². The van der Waals surface area contributed by atoms with E-state index in [0.717, 1.165) is 0 Å². The number of hydrogen-bond acceptors (Lipinski definition) is 4. The first kappa shape index (κ1) is 13.0. The Balaban J connectivity index is 3.16. The van der Waals surface area contributed by atoms with E-state index < -0.39 is 41.2 Å². The number of carboxylic acid groups (broad SMARTS) is 1. The van der Waals surface area contributed by atoms with Gasteiger partial charge in [0.1, 0.15) is 6.20 Å². The van der Waals surface area contributed by atoms with Gasteiger partial charge in [0.2, 0.25) is 0 Å². The zero-order valence-electron chi connectivity index (χ0n) is 8.71. The van der Waals surface area contributed by atoms with Crippen molar-refractivity contribution >= 4 is 11.7 Å². The monoisotopic (exact) mass is 249 g/mol. The number of alkyl halides is 2. The number of aromatic nitrogens is 2. The molecule has 0 aliphatic rings. The van der Waals surface area contributed by atoms with E-state index in [9.17, 15) is 23.7 Å². The maximum atomic E-state index is 12.7. The summed E-state index contributed by atoms with van der Waals surface area (Å²) in [6, 6.07) is -0.884. The van der Waals surface area contributed by atoms with Crippen LogP contribution in [0.1, 0.15) is 31.5 Å². The Bertz CT molecular complexity index is 446. The first-order chi connectivity index (χ1) is 7.84. The van der Waals surface area contributed by atoms with E-state index in [1.54, 1.807) is 0 Å². The first-order valence-corrected chi connectivity index (χ1v) is 4.56. The highest BCUT2D eigenvalue weighted by Crippen LogP contribution is 2.31. The molecule has 1 rings (SSSR count). The number of carboxylic acids is 1. The molecule has 0 radical (unpaired) electrons. The Morgan fingerprint density at radius 3 is 2.71 bits per heavy atom. The van der Waals surface area contributed by atoms with Crippen LogP contribution in [0.4, 0.5) is 14.5 Å². The Morgan fingerprint density at radius 1 is 1.71 bits per heavy atom. The van der Waals surface area contributed by atoms with E-state index in [1.807, 2.05) is 0 Å². The van der Waals surface area contributed by atoms with Crippen LogP contribution in [0, 0.1) is 10.1 Å². The van der Waals surface area contributed by atoms with Crippen LogP contribution in [0.3, 0.4) is 0 Å². The minimum absolute atomic E-state index is 0.446. The second-order valence-corrected chi connectivity index (χ2v) is 3.36. The molecule has 0 fully saturated rings. The van der Waals surface area contributed by atoms with Gasteiger partial charge < -0.3 is 5.11 Å². The van der Waals surface area contributed by atoms with Gasteiger partial charge in [-0.1, -0.05) is 0 Å². The Labute approximate surface area is 93.8 Å². The second-order valence-electron chi connectivity index (χ2n) is 3.36. The molecule has 0 aliphatic heterocycles. The van der Waals surface area contributed by atoms with Crippen LogP contribution < -0.4 is 0 Å². The maximum Gasteiger partial charge on any atom is 0.316 e. The molecule has 0 spiro atoms. The van der Waals surface area contributed by atoms with Gasteiger partial charge in [0.05, 0.1) is 17.4 Å². The SMILES string of the molecule is C[C@@H](CC(=O)O)n1ncc([N+](=O)[O-])c1C(F)F. The number of nitrogens with zero attached hydrogens (tertiary/aromatic N) is 3. The zero-order chi connectivity index (χ0) is 13.2. The molecule has 0 aliphatic carbocycles. The molecule has 7 nitrogen and oxygen atoms in total. The lowest BCUT2D eigenvalue weighted by molar-refractivity contribution is -0.386. The fraction of sp³-hybridized carbons (Fsp3) is 0.500. The summed E-state index contributed by atoms with van der Waals surface area (Å²) in [7, 11) is 0. The van der Waals surface area contributed by atoms with Gasteiger partial charge in [0.15, 0.2) is 5.69 Å². The molecule has 0 saturated carbocycles. The van der Waals surface area contributed by atoms with Gasteiger partial charge in [-0.05, 0) is 6.92 Å². The maximum absolute atomic E-state index is 12.7. The van der Waals surface area contributed by atoms with Crippen LogP contribution in [0.5, 0.6) is 0 Å². The van der Waals surface area contributed by atoms with Crippen molar-refractivity contribution in [3.63, 3.8) is 0 Å². The molecule has 1 heterocycles. The summed E-state index contributed by atoms with van der Waals surface area (Å²) in [5.74, 6) is -1.20. The molecule has 0 amide bonds. The third kappa shape index (κ3) is 2.74. The molecule has 1 atom stereocenters. The van der Waals surface area contributed by atoms with Crippen molar-refractivity contribution in [1.29, 1.82) is 0 Å². The average Bonchev–Trinajstić information content (AvgIpc) is 2.59. The third-order valence-electron chi connectivity index (χ3n) is 2.10. The molecule has 0 saturated heterocycles. The van der Waals surface area contributed by atoms with Gasteiger partial charge in [0.25, 0.3) is 6.43 Å². The van der Waals surface area contributed by atoms with Crippen LogP contribution in [-0.2, 0) is 4.79 Å². The highest BCUT2D eigenvalue weighted by Gasteiger charge is 2.30. The summed E-state index contributed by atoms with van der Waals surface area (Å²) in [6.07, 6.45) is -2.84. The molecule has 1 N–H and O–H groups in total. The first-order valence-electron chi connectivity index (χ1n) is 4.56. The summed E-state index contributed by atoms with van der Waals surface area (Å²) in [6.45, 7) is 1.34. The fourth-order valence-corrected chi connectivity index (χ4v) is 1.41. The van der Waals surface area contributed by atoms with Crippen molar-refractivity contribution in [2.45, 2.75) is 25.8 Å². The molecule has 0 unspecified atom stereocenters. The van der Waals surface area contributed by atoms with E-state index in [0.29, 0.717) is 10.9 Å². The second kappa shape index (κ2) is 4.85. The van der Waals surface area contributed by atoms with E-state index in [-0.39, 0.29) is 0 Å². The van der Waals surface area contributed by atoms with Crippen LogP contribution in [0.2, 0.25) is 0 Å². The topological polar surface area (TPSA) is 98.3 Å². The standard InChI is InChI=1S/C8H9F2N3O4/c1-4(2-6(14)15)12-7(8(9)10)5(3-11-12)13(16)17/h3-4,8H,2H2,1H3,(H,14,15)/t4-/m0/s1. The molecule has 9 heteroatoms. The summed E-state index contributed by atoms with van der Waals surface area (Å²) in [5, 5.41) is 22.5. The quantitative estimate of drug-likeness (QED) is 0.633. The predicted octanol–water partition coefficient (Wildman–Crippen LogP) is 1.76. The number of aliphatic carboxylic acids is 1. The van der Waals surface area contributed by atoms with Crippen molar-refractivity contribution < 1.29 is 23.6 Å². The zero-order valence-corrected chi connectivity index (χ0v) is 8.71. The molecular formula is C8H9F2N3O4. The highest BCUT2D eigenvalue weighted by molar-refractivity contribution is 5.67. The van der Waals surface area contributed by atoms with Crippen LogP contribution in [0.15, 0.2) is 6.20 Å². The minimum atomic E-state index is -3.09. The van der Waals surface area contributed by atoms with E-state index in [2.05, 4.69) is 5.10 Å². The molecule has 1 aromatic rings. The molecule has 17 heavy (non-hydrogen) atoms. The number of halogens is 2. The van der Waals surface area contributed by atoms with E-state index in [4.69, 9.17) is 5.11 Å². The Hall–Kier alpha value is -2.06. The highest BCUT2D eigenvalue weighted by atomic mass is 19.3. The van der Waals surface area contributed by atoms with Crippen molar-refractivity contribution in [3.8, 4) is 0 Å². The van der Waals surface area contributed by atoms with Gasteiger partial charge in [-0.3, -0.25) is 19.6 Å². The number of nitro groups is 1. The van der Waals surface area contributed by atoms with Crippen molar-refractivity contribution in [3.05, 3.63) is 22.0 Å². The number of carbonyl (C=O) groups is 1.